The van der Waals surface area contributed by atoms with Crippen LogP contribution in [0.2, 0.25) is 0 Å². The van der Waals surface area contributed by atoms with Crippen molar-refractivity contribution in [2.75, 3.05) is 5.32 Å². The highest BCUT2D eigenvalue weighted by Gasteiger charge is 2.09. The third-order valence-electron chi connectivity index (χ3n) is 3.06. The summed E-state index contributed by atoms with van der Waals surface area (Å²) in [7, 11) is 0. The molecule has 1 aromatic heterocycles. The molecule has 18 heavy (non-hydrogen) atoms. The van der Waals surface area contributed by atoms with E-state index in [1.165, 1.54) is 6.42 Å². The lowest BCUT2D eigenvalue weighted by Crippen LogP contribution is -2.19. The molecular formula is C14H26N4. The van der Waals surface area contributed by atoms with Crippen LogP contribution in [0.4, 0.5) is 5.95 Å². The largest absolute Gasteiger partial charge is 0.350 e. The normalized spacial score (nSPS) is 12.8. The number of hydrogen-bond acceptors (Lipinski definition) is 4. The first-order chi connectivity index (χ1) is 8.56. The first-order valence-corrected chi connectivity index (χ1v) is 7.05. The minimum absolute atomic E-state index is 0.395. The Kier molecular flexibility index (Phi) is 6.02. The van der Waals surface area contributed by atoms with Gasteiger partial charge in [0.1, 0.15) is 0 Å². The second kappa shape index (κ2) is 7.29. The van der Waals surface area contributed by atoms with Crippen molar-refractivity contribution in [2.24, 2.45) is 5.92 Å². The molecule has 0 aliphatic carbocycles. The van der Waals surface area contributed by atoms with Gasteiger partial charge in [-0.1, -0.05) is 27.7 Å². The Morgan fingerprint density at radius 3 is 2.17 bits per heavy atom. The maximum absolute atomic E-state index is 4.54. The minimum atomic E-state index is 0.395. The zero-order valence-corrected chi connectivity index (χ0v) is 12.3. The van der Waals surface area contributed by atoms with Crippen molar-refractivity contribution < 1.29 is 0 Å². The van der Waals surface area contributed by atoms with Gasteiger partial charge in [0.2, 0.25) is 5.95 Å². The van der Waals surface area contributed by atoms with Gasteiger partial charge in [0.05, 0.1) is 11.4 Å². The van der Waals surface area contributed by atoms with Crippen molar-refractivity contribution in [1.29, 1.82) is 0 Å². The van der Waals surface area contributed by atoms with Crippen LogP contribution in [-0.2, 0) is 12.8 Å². The molecule has 4 heteroatoms. The molecule has 102 valence electrons. The maximum atomic E-state index is 4.54. The molecular weight excluding hydrogens is 224 g/mol. The van der Waals surface area contributed by atoms with Gasteiger partial charge >= 0.3 is 0 Å². The Balaban J connectivity index is 2.61. The van der Waals surface area contributed by atoms with Crippen LogP contribution in [0.25, 0.3) is 0 Å². The molecule has 0 radical (unpaired) electrons. The van der Waals surface area contributed by atoms with Crippen molar-refractivity contribution in [3.63, 3.8) is 0 Å². The summed E-state index contributed by atoms with van der Waals surface area (Å²) in [6.07, 6.45) is 4.16. The highest BCUT2D eigenvalue weighted by molar-refractivity contribution is 5.26. The fourth-order valence-electron chi connectivity index (χ4n) is 1.88. The molecule has 1 aromatic rings. The van der Waals surface area contributed by atoms with E-state index in [2.05, 4.69) is 55.1 Å². The van der Waals surface area contributed by atoms with Gasteiger partial charge in [0.15, 0.2) is 0 Å². The molecule has 0 aliphatic rings. The number of nitrogens with one attached hydrogen (secondary N) is 1. The van der Waals surface area contributed by atoms with Gasteiger partial charge in [-0.25, -0.2) is 4.98 Å². The summed E-state index contributed by atoms with van der Waals surface area (Å²) in [6, 6.07) is 0.395. The average molecular weight is 250 g/mol. The second-order valence-corrected chi connectivity index (χ2v) is 5.25. The predicted octanol–water partition coefficient (Wildman–Crippen LogP) is 3.23. The van der Waals surface area contributed by atoms with Crippen LogP contribution in [0.1, 0.15) is 58.8 Å². The lowest BCUT2D eigenvalue weighted by atomic mass is 10.0. The average Bonchev–Trinajstić information content (AvgIpc) is 2.36. The van der Waals surface area contributed by atoms with Crippen LogP contribution in [0, 0.1) is 5.92 Å². The number of aromatic nitrogens is 3. The van der Waals surface area contributed by atoms with Crippen molar-refractivity contribution in [3.8, 4) is 0 Å². The summed E-state index contributed by atoms with van der Waals surface area (Å²) in [4.78, 5) is 4.54. The highest BCUT2D eigenvalue weighted by Crippen LogP contribution is 2.11. The number of hydrogen-bond donors (Lipinski definition) is 1. The van der Waals surface area contributed by atoms with E-state index < -0.39 is 0 Å². The molecule has 0 saturated carbocycles. The molecule has 0 fully saturated rings. The fraction of sp³-hybridized carbons (Fsp3) is 0.786. The van der Waals surface area contributed by atoms with Crippen molar-refractivity contribution in [2.45, 2.75) is 66.3 Å². The Hall–Kier alpha value is -1.19. The van der Waals surface area contributed by atoms with E-state index in [-0.39, 0.29) is 0 Å². The summed E-state index contributed by atoms with van der Waals surface area (Å²) < 4.78 is 0. The van der Waals surface area contributed by atoms with Gasteiger partial charge in [-0.15, -0.1) is 5.10 Å². The van der Waals surface area contributed by atoms with E-state index in [1.54, 1.807) is 0 Å². The lowest BCUT2D eigenvalue weighted by Gasteiger charge is -2.15. The summed E-state index contributed by atoms with van der Waals surface area (Å²) in [5.41, 5.74) is 2.07. The predicted molar refractivity (Wildman–Crippen MR) is 75.7 cm³/mol. The third kappa shape index (κ3) is 4.59. The highest BCUT2D eigenvalue weighted by atomic mass is 15.2. The van der Waals surface area contributed by atoms with E-state index in [1.807, 2.05) is 0 Å². The monoisotopic (exact) mass is 250 g/mol. The molecule has 0 aliphatic heterocycles. The summed E-state index contributed by atoms with van der Waals surface area (Å²) in [5.74, 6) is 1.40. The molecule has 0 aromatic carbocycles. The van der Waals surface area contributed by atoms with E-state index in [9.17, 15) is 0 Å². The molecule has 0 saturated heterocycles. The van der Waals surface area contributed by atoms with Crippen LogP contribution >= 0.6 is 0 Å². The van der Waals surface area contributed by atoms with Crippen LogP contribution in [-0.4, -0.2) is 21.2 Å². The van der Waals surface area contributed by atoms with Crippen molar-refractivity contribution in [3.05, 3.63) is 11.4 Å². The Labute approximate surface area is 111 Å². The molecule has 1 unspecified atom stereocenters. The molecule has 0 spiro atoms. The summed E-state index contributed by atoms with van der Waals surface area (Å²) in [6.45, 7) is 10.9. The number of aryl methyl sites for hydroxylation is 2. The molecule has 1 heterocycles. The smallest absolute Gasteiger partial charge is 0.243 e. The minimum Gasteiger partial charge on any atom is -0.350 e. The van der Waals surface area contributed by atoms with Gasteiger partial charge < -0.3 is 5.32 Å². The Bertz CT molecular complexity index is 363. The molecule has 0 amide bonds. The standard InChI is InChI=1S/C14H26N4/c1-6-12-13(7-2)17-18-14(16-12)15-11(5)9-8-10(3)4/h10-11H,6-9H2,1-5H3,(H,15,16,18). The van der Waals surface area contributed by atoms with E-state index in [4.69, 9.17) is 0 Å². The summed E-state index contributed by atoms with van der Waals surface area (Å²) >= 11 is 0. The van der Waals surface area contributed by atoms with Gasteiger partial charge in [-0.05, 0) is 38.5 Å². The number of rotatable bonds is 7. The van der Waals surface area contributed by atoms with Crippen molar-refractivity contribution >= 4 is 5.95 Å². The van der Waals surface area contributed by atoms with Gasteiger partial charge in [0.25, 0.3) is 0 Å². The second-order valence-electron chi connectivity index (χ2n) is 5.25. The summed E-state index contributed by atoms with van der Waals surface area (Å²) in [5, 5.41) is 11.7. The first kappa shape index (κ1) is 14.9. The van der Waals surface area contributed by atoms with E-state index in [0.29, 0.717) is 12.0 Å². The van der Waals surface area contributed by atoms with Crippen LogP contribution in [0.15, 0.2) is 0 Å². The van der Waals surface area contributed by atoms with Gasteiger partial charge in [0, 0.05) is 6.04 Å². The lowest BCUT2D eigenvalue weighted by molar-refractivity contribution is 0.525. The molecule has 1 rings (SSSR count). The zero-order valence-electron chi connectivity index (χ0n) is 12.3. The molecule has 0 bridgehead atoms. The van der Waals surface area contributed by atoms with Gasteiger partial charge in [-0.3, -0.25) is 0 Å². The Morgan fingerprint density at radius 1 is 0.944 bits per heavy atom. The van der Waals surface area contributed by atoms with Crippen LogP contribution < -0.4 is 5.32 Å². The number of anilines is 1. The molecule has 1 atom stereocenters. The number of nitrogens with zero attached hydrogens (tertiary/aromatic N) is 3. The quantitative estimate of drug-likeness (QED) is 0.807. The van der Waals surface area contributed by atoms with Crippen molar-refractivity contribution in [1.82, 2.24) is 15.2 Å². The molecule has 1 N–H and O–H groups in total. The third-order valence-corrected chi connectivity index (χ3v) is 3.06. The topological polar surface area (TPSA) is 50.7 Å². The van der Waals surface area contributed by atoms with E-state index in [0.717, 1.165) is 36.6 Å². The van der Waals surface area contributed by atoms with Crippen LogP contribution in [0.5, 0.6) is 0 Å². The zero-order chi connectivity index (χ0) is 13.5. The molecule has 4 nitrogen and oxygen atoms in total. The van der Waals surface area contributed by atoms with Crippen LogP contribution in [0.3, 0.4) is 0 Å². The van der Waals surface area contributed by atoms with E-state index >= 15 is 0 Å². The Morgan fingerprint density at radius 2 is 1.61 bits per heavy atom. The SMILES string of the molecule is CCc1nnc(NC(C)CCC(C)C)nc1CC. The maximum Gasteiger partial charge on any atom is 0.243 e. The fourth-order valence-corrected chi connectivity index (χ4v) is 1.88. The van der Waals surface area contributed by atoms with Gasteiger partial charge in [-0.2, -0.15) is 5.10 Å². The first-order valence-electron chi connectivity index (χ1n) is 7.05.